The molecule has 0 radical (unpaired) electrons. The van der Waals surface area contributed by atoms with E-state index in [1.54, 1.807) is 12.1 Å². The Morgan fingerprint density at radius 3 is 2.94 bits per heavy atom. The van der Waals surface area contributed by atoms with Crippen molar-refractivity contribution in [2.45, 2.75) is 6.42 Å². The molecule has 16 heavy (non-hydrogen) atoms. The molecule has 84 valence electrons. The van der Waals surface area contributed by atoms with Crippen molar-refractivity contribution in [2.75, 3.05) is 13.1 Å². The number of hydrogen-bond acceptors (Lipinski definition) is 2. The predicted octanol–water partition coefficient (Wildman–Crippen LogP) is 2.09. The molecule has 0 atom stereocenters. The van der Waals surface area contributed by atoms with Gasteiger partial charge in [0.15, 0.2) is 0 Å². The number of benzene rings is 1. The smallest absolute Gasteiger partial charge is 0.254 e. The topological polar surface area (TPSA) is 40.5 Å². The van der Waals surface area contributed by atoms with Gasteiger partial charge in [0.25, 0.3) is 5.91 Å². The molecule has 0 saturated heterocycles. The summed E-state index contributed by atoms with van der Waals surface area (Å²) in [4.78, 5) is 13.4. The lowest BCUT2D eigenvalue weighted by molar-refractivity contribution is 0.0755. The second-order valence-corrected chi connectivity index (χ2v) is 3.72. The van der Waals surface area contributed by atoms with E-state index in [-0.39, 0.29) is 24.0 Å². The Balaban J connectivity index is 2.16. The zero-order valence-corrected chi connectivity index (χ0v) is 8.69. The van der Waals surface area contributed by atoms with E-state index in [2.05, 4.69) is 0 Å². The minimum atomic E-state index is -0.278. The van der Waals surface area contributed by atoms with Crippen molar-refractivity contribution in [1.29, 1.82) is 0 Å². The largest absolute Gasteiger partial charge is 0.508 e. The highest BCUT2D eigenvalue weighted by atomic mass is 19.1. The van der Waals surface area contributed by atoms with Crippen molar-refractivity contribution in [3.05, 3.63) is 41.7 Å². The number of aromatic hydroxyl groups is 1. The van der Waals surface area contributed by atoms with E-state index in [1.165, 1.54) is 23.1 Å². The molecule has 1 aliphatic heterocycles. The third kappa shape index (κ3) is 2.21. The lowest BCUT2D eigenvalue weighted by Gasteiger charge is -2.24. The molecule has 0 saturated carbocycles. The number of hydrogen-bond donors (Lipinski definition) is 1. The average molecular weight is 221 g/mol. The Morgan fingerprint density at radius 1 is 1.44 bits per heavy atom. The highest BCUT2D eigenvalue weighted by Gasteiger charge is 2.19. The lowest BCUT2D eigenvalue weighted by Crippen LogP contribution is -2.35. The minimum Gasteiger partial charge on any atom is -0.508 e. The number of halogens is 1. The van der Waals surface area contributed by atoms with Gasteiger partial charge >= 0.3 is 0 Å². The lowest BCUT2D eigenvalue weighted by atomic mass is 10.1. The Morgan fingerprint density at radius 2 is 2.25 bits per heavy atom. The second kappa shape index (κ2) is 4.35. The van der Waals surface area contributed by atoms with Crippen LogP contribution in [0.4, 0.5) is 4.39 Å². The zero-order valence-electron chi connectivity index (χ0n) is 8.69. The summed E-state index contributed by atoms with van der Waals surface area (Å²) in [7, 11) is 0. The van der Waals surface area contributed by atoms with Crippen molar-refractivity contribution in [3.8, 4) is 5.75 Å². The summed E-state index contributed by atoms with van der Waals surface area (Å²) in [6, 6.07) is 6.09. The number of carbonyl (C=O) groups is 1. The molecule has 3 nitrogen and oxygen atoms in total. The number of phenols is 1. The molecule has 1 N–H and O–H groups in total. The summed E-state index contributed by atoms with van der Waals surface area (Å²) >= 11 is 0. The van der Waals surface area contributed by atoms with Gasteiger partial charge in [0.05, 0.1) is 6.54 Å². The van der Waals surface area contributed by atoms with Gasteiger partial charge in [-0.1, -0.05) is 6.07 Å². The van der Waals surface area contributed by atoms with Crippen molar-refractivity contribution in [1.82, 2.24) is 4.90 Å². The number of amides is 1. The van der Waals surface area contributed by atoms with Gasteiger partial charge in [-0.05, 0) is 30.7 Å². The number of nitrogens with zero attached hydrogens (tertiary/aromatic N) is 1. The first-order valence-corrected chi connectivity index (χ1v) is 5.09. The van der Waals surface area contributed by atoms with Crippen molar-refractivity contribution >= 4 is 5.91 Å². The predicted molar refractivity (Wildman–Crippen MR) is 57.8 cm³/mol. The van der Waals surface area contributed by atoms with Gasteiger partial charge in [0.2, 0.25) is 0 Å². The first-order valence-electron chi connectivity index (χ1n) is 5.09. The van der Waals surface area contributed by atoms with Crippen molar-refractivity contribution in [2.24, 2.45) is 0 Å². The van der Waals surface area contributed by atoms with Crippen LogP contribution in [0.2, 0.25) is 0 Å². The van der Waals surface area contributed by atoms with Gasteiger partial charge in [-0.3, -0.25) is 4.79 Å². The van der Waals surface area contributed by atoms with E-state index in [1.807, 2.05) is 0 Å². The van der Waals surface area contributed by atoms with Crippen LogP contribution in [0.15, 0.2) is 36.2 Å². The van der Waals surface area contributed by atoms with E-state index in [0.29, 0.717) is 18.5 Å². The Hall–Kier alpha value is -1.84. The summed E-state index contributed by atoms with van der Waals surface area (Å²) in [6.45, 7) is 0.538. The fourth-order valence-corrected chi connectivity index (χ4v) is 1.70. The van der Waals surface area contributed by atoms with Crippen LogP contribution in [0.3, 0.4) is 0 Å². The average Bonchev–Trinajstić information content (AvgIpc) is 2.28. The van der Waals surface area contributed by atoms with E-state index in [0.717, 1.165) is 0 Å². The third-order valence-corrected chi connectivity index (χ3v) is 2.49. The van der Waals surface area contributed by atoms with E-state index in [9.17, 15) is 14.3 Å². The first kappa shape index (κ1) is 10.7. The van der Waals surface area contributed by atoms with E-state index >= 15 is 0 Å². The fraction of sp³-hybridized carbons (Fsp3) is 0.250. The highest BCUT2D eigenvalue weighted by Crippen LogP contribution is 2.17. The number of carbonyl (C=O) groups excluding carboxylic acids is 1. The van der Waals surface area contributed by atoms with Crippen LogP contribution < -0.4 is 0 Å². The Bertz CT molecular complexity index is 442. The van der Waals surface area contributed by atoms with Gasteiger partial charge in [-0.25, -0.2) is 4.39 Å². The van der Waals surface area contributed by atoms with E-state index < -0.39 is 0 Å². The van der Waals surface area contributed by atoms with Crippen LogP contribution in [0.5, 0.6) is 5.75 Å². The van der Waals surface area contributed by atoms with Crippen LogP contribution in [-0.4, -0.2) is 29.0 Å². The molecule has 2 rings (SSSR count). The standard InChI is InChI=1S/C12H12FNO2/c13-10-4-2-6-14(8-10)12(16)9-3-1-5-11(15)7-9/h1,3-5,7,15H,2,6,8H2. The SMILES string of the molecule is O=C(c1cccc(O)c1)N1CCC=C(F)C1. The number of phenolic OH excluding ortho intramolecular Hbond substituents is 1. The van der Waals surface area contributed by atoms with Gasteiger partial charge < -0.3 is 10.0 Å². The molecule has 0 spiro atoms. The summed E-state index contributed by atoms with van der Waals surface area (Å²) in [5, 5.41) is 9.26. The molecule has 0 fully saturated rings. The maximum Gasteiger partial charge on any atom is 0.254 e. The second-order valence-electron chi connectivity index (χ2n) is 3.72. The van der Waals surface area contributed by atoms with Gasteiger partial charge in [0.1, 0.15) is 11.6 Å². The summed E-state index contributed by atoms with van der Waals surface area (Å²) in [6.07, 6.45) is 2.03. The molecule has 0 unspecified atom stereocenters. The molecular formula is C12H12FNO2. The third-order valence-electron chi connectivity index (χ3n) is 2.49. The summed E-state index contributed by atoms with van der Waals surface area (Å²) in [5.41, 5.74) is 0.384. The van der Waals surface area contributed by atoms with Gasteiger partial charge in [0, 0.05) is 12.1 Å². The van der Waals surface area contributed by atoms with Crippen molar-refractivity contribution < 1.29 is 14.3 Å². The highest BCUT2D eigenvalue weighted by molar-refractivity contribution is 5.94. The maximum atomic E-state index is 13.0. The molecule has 0 aromatic heterocycles. The molecule has 1 aromatic rings. The van der Waals surface area contributed by atoms with Crippen LogP contribution in [-0.2, 0) is 0 Å². The molecule has 1 aromatic carbocycles. The zero-order chi connectivity index (χ0) is 11.5. The molecule has 4 heteroatoms. The summed E-state index contributed by atoms with van der Waals surface area (Å²) in [5.74, 6) is -0.488. The fourth-order valence-electron chi connectivity index (χ4n) is 1.70. The molecular weight excluding hydrogens is 209 g/mol. The minimum absolute atomic E-state index is 0.0223. The van der Waals surface area contributed by atoms with Crippen molar-refractivity contribution in [3.63, 3.8) is 0 Å². The van der Waals surface area contributed by atoms with Crippen LogP contribution in [0, 0.1) is 0 Å². The van der Waals surface area contributed by atoms with Gasteiger partial charge in [-0.2, -0.15) is 0 Å². The van der Waals surface area contributed by atoms with E-state index in [4.69, 9.17) is 0 Å². The van der Waals surface area contributed by atoms with Gasteiger partial charge in [-0.15, -0.1) is 0 Å². The quantitative estimate of drug-likeness (QED) is 0.788. The molecule has 1 aliphatic rings. The van der Waals surface area contributed by atoms with Crippen LogP contribution in [0.1, 0.15) is 16.8 Å². The summed E-state index contributed by atoms with van der Waals surface area (Å²) < 4.78 is 13.0. The van der Waals surface area contributed by atoms with Crippen LogP contribution >= 0.6 is 0 Å². The van der Waals surface area contributed by atoms with Crippen LogP contribution in [0.25, 0.3) is 0 Å². The molecule has 1 amide bonds. The Kier molecular flexibility index (Phi) is 2.90. The monoisotopic (exact) mass is 221 g/mol. The molecule has 1 heterocycles. The Labute approximate surface area is 92.8 Å². The molecule has 0 bridgehead atoms. The first-order chi connectivity index (χ1) is 7.66. The number of rotatable bonds is 1. The normalized spacial score (nSPS) is 15.8. The molecule has 0 aliphatic carbocycles. The maximum absolute atomic E-state index is 13.0.